The van der Waals surface area contributed by atoms with Gasteiger partial charge in [-0.15, -0.1) is 0 Å². The second-order valence-electron chi connectivity index (χ2n) is 5.15. The van der Waals surface area contributed by atoms with Crippen LogP contribution in [0.25, 0.3) is 0 Å². The molecule has 2 rings (SSSR count). The number of halogens is 1. The van der Waals surface area contributed by atoms with Crippen molar-refractivity contribution in [2.75, 3.05) is 0 Å². The zero-order chi connectivity index (χ0) is 12.1. The van der Waals surface area contributed by atoms with Crippen LogP contribution in [0.4, 0.5) is 0 Å². The fourth-order valence-electron chi connectivity index (χ4n) is 2.71. The van der Waals surface area contributed by atoms with Gasteiger partial charge in [0.05, 0.1) is 0 Å². The lowest BCUT2D eigenvalue weighted by molar-refractivity contribution is 0.278. The van der Waals surface area contributed by atoms with Crippen LogP contribution in [0.1, 0.15) is 44.6 Å². The van der Waals surface area contributed by atoms with Crippen molar-refractivity contribution < 1.29 is 0 Å². The van der Waals surface area contributed by atoms with E-state index in [0.29, 0.717) is 0 Å². The van der Waals surface area contributed by atoms with E-state index in [2.05, 4.69) is 59.1 Å². The summed E-state index contributed by atoms with van der Waals surface area (Å²) < 4.78 is 1.31. The van der Waals surface area contributed by atoms with Crippen molar-refractivity contribution >= 4 is 22.6 Å². The Bertz CT molecular complexity index is 333. The van der Waals surface area contributed by atoms with Gasteiger partial charge in [-0.1, -0.05) is 38.3 Å². The molecule has 0 amide bonds. The Kier molecular flexibility index (Phi) is 5.29. The Labute approximate surface area is 119 Å². The molecule has 0 aromatic heterocycles. The maximum Gasteiger partial charge on any atom is 0.0208 e. The van der Waals surface area contributed by atoms with Gasteiger partial charge in [-0.25, -0.2) is 0 Å². The lowest BCUT2D eigenvalue weighted by Crippen LogP contribution is -2.33. The number of hydrogen-bond acceptors (Lipinski definition) is 1. The Morgan fingerprint density at radius 3 is 2.71 bits per heavy atom. The highest BCUT2D eigenvalue weighted by Gasteiger charge is 2.19. The van der Waals surface area contributed by atoms with Crippen LogP contribution in [0.15, 0.2) is 24.3 Å². The van der Waals surface area contributed by atoms with E-state index in [-0.39, 0.29) is 0 Å². The zero-order valence-corrected chi connectivity index (χ0v) is 12.7. The van der Waals surface area contributed by atoms with Crippen molar-refractivity contribution in [2.45, 2.75) is 51.6 Å². The molecular formula is C15H22IN. The summed E-state index contributed by atoms with van der Waals surface area (Å²) >= 11 is 2.36. The van der Waals surface area contributed by atoms with E-state index in [1.54, 1.807) is 0 Å². The monoisotopic (exact) mass is 343 g/mol. The quantitative estimate of drug-likeness (QED) is 0.802. The van der Waals surface area contributed by atoms with Crippen molar-refractivity contribution in [3.05, 3.63) is 33.4 Å². The van der Waals surface area contributed by atoms with Gasteiger partial charge in [0.1, 0.15) is 0 Å². The van der Waals surface area contributed by atoms with Crippen LogP contribution in [0.2, 0.25) is 0 Å². The van der Waals surface area contributed by atoms with Gasteiger partial charge in [0, 0.05) is 16.2 Å². The van der Waals surface area contributed by atoms with Gasteiger partial charge in [-0.2, -0.15) is 0 Å². The van der Waals surface area contributed by atoms with Gasteiger partial charge in [0.2, 0.25) is 0 Å². The SMILES string of the molecule is CCC1CCCC(NCc2ccc(I)cc2)C1. The fraction of sp³-hybridized carbons (Fsp3) is 0.600. The van der Waals surface area contributed by atoms with Gasteiger partial charge in [-0.3, -0.25) is 0 Å². The predicted molar refractivity (Wildman–Crippen MR) is 82.0 cm³/mol. The Balaban J connectivity index is 1.79. The molecule has 2 heteroatoms. The van der Waals surface area contributed by atoms with Gasteiger partial charge in [0.25, 0.3) is 0 Å². The van der Waals surface area contributed by atoms with Crippen LogP contribution >= 0.6 is 22.6 Å². The minimum atomic E-state index is 0.743. The van der Waals surface area contributed by atoms with Crippen molar-refractivity contribution in [2.24, 2.45) is 5.92 Å². The van der Waals surface area contributed by atoms with E-state index < -0.39 is 0 Å². The van der Waals surface area contributed by atoms with Crippen LogP contribution in [-0.2, 0) is 6.54 Å². The summed E-state index contributed by atoms with van der Waals surface area (Å²) in [5.41, 5.74) is 1.41. The largest absolute Gasteiger partial charge is 0.310 e. The summed E-state index contributed by atoms with van der Waals surface area (Å²) in [5.74, 6) is 0.956. The van der Waals surface area contributed by atoms with Gasteiger partial charge >= 0.3 is 0 Å². The summed E-state index contributed by atoms with van der Waals surface area (Å²) in [5, 5.41) is 3.72. The lowest BCUT2D eigenvalue weighted by atomic mass is 9.84. The minimum Gasteiger partial charge on any atom is -0.310 e. The molecule has 0 spiro atoms. The van der Waals surface area contributed by atoms with Crippen molar-refractivity contribution in [3.63, 3.8) is 0 Å². The van der Waals surface area contributed by atoms with E-state index in [9.17, 15) is 0 Å². The second-order valence-corrected chi connectivity index (χ2v) is 6.39. The zero-order valence-electron chi connectivity index (χ0n) is 10.6. The number of hydrogen-bond donors (Lipinski definition) is 1. The second kappa shape index (κ2) is 6.74. The Hall–Kier alpha value is -0.0900. The predicted octanol–water partition coefficient (Wildman–Crippen LogP) is 4.35. The summed E-state index contributed by atoms with van der Waals surface area (Å²) in [6.45, 7) is 3.35. The van der Waals surface area contributed by atoms with Gasteiger partial charge in [-0.05, 0) is 59.0 Å². The van der Waals surface area contributed by atoms with Crippen LogP contribution in [0.5, 0.6) is 0 Å². The number of benzene rings is 1. The van der Waals surface area contributed by atoms with E-state index in [0.717, 1.165) is 18.5 Å². The molecule has 1 fully saturated rings. The van der Waals surface area contributed by atoms with Crippen molar-refractivity contribution in [1.82, 2.24) is 5.32 Å². The molecule has 2 unspecified atom stereocenters. The summed E-state index contributed by atoms with van der Waals surface area (Å²) in [7, 11) is 0. The molecule has 17 heavy (non-hydrogen) atoms. The number of rotatable bonds is 4. The Morgan fingerprint density at radius 1 is 1.24 bits per heavy atom. The third-order valence-electron chi connectivity index (χ3n) is 3.87. The van der Waals surface area contributed by atoms with Crippen LogP contribution in [0, 0.1) is 9.49 Å². The maximum absolute atomic E-state index is 3.72. The number of nitrogens with one attached hydrogen (secondary N) is 1. The molecule has 0 bridgehead atoms. The topological polar surface area (TPSA) is 12.0 Å². The highest BCUT2D eigenvalue weighted by molar-refractivity contribution is 14.1. The average molecular weight is 343 g/mol. The van der Waals surface area contributed by atoms with E-state index in [1.807, 2.05) is 0 Å². The minimum absolute atomic E-state index is 0.743. The van der Waals surface area contributed by atoms with E-state index >= 15 is 0 Å². The molecule has 0 aliphatic heterocycles. The van der Waals surface area contributed by atoms with Crippen LogP contribution < -0.4 is 5.32 Å². The van der Waals surface area contributed by atoms with Crippen LogP contribution in [0.3, 0.4) is 0 Å². The molecule has 1 saturated carbocycles. The fourth-order valence-corrected chi connectivity index (χ4v) is 3.07. The molecule has 1 aromatic carbocycles. The molecule has 1 aliphatic rings. The third-order valence-corrected chi connectivity index (χ3v) is 4.59. The van der Waals surface area contributed by atoms with E-state index in [4.69, 9.17) is 0 Å². The first-order valence-corrected chi connectivity index (χ1v) is 7.83. The molecule has 1 N–H and O–H groups in total. The molecule has 1 nitrogen and oxygen atoms in total. The summed E-state index contributed by atoms with van der Waals surface area (Å²) in [4.78, 5) is 0. The molecule has 2 atom stereocenters. The normalized spacial score (nSPS) is 24.8. The first-order chi connectivity index (χ1) is 8.28. The van der Waals surface area contributed by atoms with Crippen LogP contribution in [-0.4, -0.2) is 6.04 Å². The summed E-state index contributed by atoms with van der Waals surface area (Å²) in [6.07, 6.45) is 6.94. The average Bonchev–Trinajstić information content (AvgIpc) is 2.38. The van der Waals surface area contributed by atoms with Gasteiger partial charge < -0.3 is 5.32 Å². The highest BCUT2D eigenvalue weighted by atomic mass is 127. The standard InChI is InChI=1S/C15H22IN/c1-2-12-4-3-5-15(10-12)17-11-13-6-8-14(16)9-7-13/h6-9,12,15,17H,2-5,10-11H2,1H3. The molecular weight excluding hydrogens is 321 g/mol. The first-order valence-electron chi connectivity index (χ1n) is 6.75. The van der Waals surface area contributed by atoms with Crippen molar-refractivity contribution in [1.29, 1.82) is 0 Å². The Morgan fingerprint density at radius 2 is 2.00 bits per heavy atom. The molecule has 1 aromatic rings. The van der Waals surface area contributed by atoms with E-state index in [1.165, 1.54) is 41.2 Å². The van der Waals surface area contributed by atoms with Gasteiger partial charge in [0.15, 0.2) is 0 Å². The highest BCUT2D eigenvalue weighted by Crippen LogP contribution is 2.26. The summed E-state index contributed by atoms with van der Waals surface area (Å²) in [6, 6.07) is 9.58. The lowest BCUT2D eigenvalue weighted by Gasteiger charge is -2.29. The smallest absolute Gasteiger partial charge is 0.0208 e. The molecule has 0 radical (unpaired) electrons. The molecule has 0 heterocycles. The molecule has 1 aliphatic carbocycles. The molecule has 0 saturated heterocycles. The molecule has 94 valence electrons. The third kappa shape index (κ3) is 4.25. The first kappa shape index (κ1) is 13.3. The van der Waals surface area contributed by atoms with Crippen molar-refractivity contribution in [3.8, 4) is 0 Å². The maximum atomic E-state index is 3.72.